The number of ether oxygens (including phenoxy) is 2. The third kappa shape index (κ3) is 4.85. The van der Waals surface area contributed by atoms with Crippen LogP contribution in [0, 0.1) is 5.82 Å². The van der Waals surface area contributed by atoms with Crippen molar-refractivity contribution < 1.29 is 32.3 Å². The fourth-order valence-electron chi connectivity index (χ4n) is 3.20. The fraction of sp³-hybridized carbons (Fsp3) is 0.421. The Hall–Kier alpha value is -2.59. The summed E-state index contributed by atoms with van der Waals surface area (Å²) in [5.74, 6) is -3.78. The van der Waals surface area contributed by atoms with Crippen LogP contribution in [0.1, 0.15) is 30.5 Å². The van der Waals surface area contributed by atoms with Crippen LogP contribution >= 0.6 is 7.60 Å². The summed E-state index contributed by atoms with van der Waals surface area (Å²) in [7, 11) is -1.68. The molecule has 0 aliphatic carbocycles. The smallest absolute Gasteiger partial charge is 0.375 e. The van der Waals surface area contributed by atoms with Crippen molar-refractivity contribution in [3.63, 3.8) is 0 Å². The Balaban J connectivity index is 1.92. The average Bonchev–Trinajstić information content (AvgIpc) is 3.32. The highest BCUT2D eigenvalue weighted by atomic mass is 31.2. The van der Waals surface area contributed by atoms with Crippen molar-refractivity contribution in [2.45, 2.75) is 31.5 Å². The maximum Gasteiger partial charge on any atom is 0.375 e. The maximum atomic E-state index is 14.2. The number of carbonyl (C=O) groups excluding carboxylic acids is 1. The van der Waals surface area contributed by atoms with E-state index >= 15 is 0 Å². The molecule has 0 N–H and O–H groups in total. The number of halogens is 1. The van der Waals surface area contributed by atoms with E-state index in [1.807, 2.05) is 0 Å². The number of rotatable bonds is 8. The molecular formula is C19H22FN2O8P. The highest BCUT2D eigenvalue weighted by Crippen LogP contribution is 2.60. The van der Waals surface area contributed by atoms with Gasteiger partial charge in [-0.3, -0.25) is 18.7 Å². The molecule has 3 rings (SSSR count). The lowest BCUT2D eigenvalue weighted by Gasteiger charge is -2.24. The van der Waals surface area contributed by atoms with Gasteiger partial charge in [0.1, 0.15) is 12.8 Å². The van der Waals surface area contributed by atoms with Gasteiger partial charge in [0.05, 0.1) is 6.20 Å². The van der Waals surface area contributed by atoms with Crippen molar-refractivity contribution >= 4 is 13.6 Å². The molecular weight excluding hydrogens is 434 g/mol. The third-order valence-electron chi connectivity index (χ3n) is 4.78. The summed E-state index contributed by atoms with van der Waals surface area (Å²) in [4.78, 5) is 37.5. The van der Waals surface area contributed by atoms with E-state index in [0.29, 0.717) is 29.6 Å². The van der Waals surface area contributed by atoms with E-state index in [1.54, 1.807) is 30.3 Å². The first-order valence-electron chi connectivity index (χ1n) is 9.39. The molecule has 1 aromatic heterocycles. The van der Waals surface area contributed by atoms with Gasteiger partial charge in [-0.2, -0.15) is 4.39 Å². The lowest BCUT2D eigenvalue weighted by molar-refractivity contribution is -0.147. The van der Waals surface area contributed by atoms with Crippen LogP contribution in [0.15, 0.2) is 46.1 Å². The molecule has 1 aliphatic rings. The van der Waals surface area contributed by atoms with E-state index in [0.717, 1.165) is 25.0 Å². The molecule has 31 heavy (non-hydrogen) atoms. The minimum atomic E-state index is -3.94. The Kier molecular flexibility index (Phi) is 7.22. The number of nitrogens with zero attached hydrogens (tertiary/aromatic N) is 2. The number of carbonyl (C=O) groups is 1. The molecule has 0 radical (unpaired) electrons. The number of esters is 1. The zero-order valence-electron chi connectivity index (χ0n) is 16.9. The molecule has 0 amide bonds. The third-order valence-corrected chi connectivity index (χ3v) is 6.78. The largest absolute Gasteiger partial charge is 0.443 e. The lowest BCUT2D eigenvalue weighted by Crippen LogP contribution is -2.44. The van der Waals surface area contributed by atoms with Crippen LogP contribution in [0.25, 0.3) is 0 Å². The van der Waals surface area contributed by atoms with Gasteiger partial charge in [-0.1, -0.05) is 30.3 Å². The van der Waals surface area contributed by atoms with Gasteiger partial charge in [-0.25, -0.2) is 9.36 Å². The molecule has 1 saturated heterocycles. The molecule has 0 bridgehead atoms. The van der Waals surface area contributed by atoms with Crippen LogP contribution in [0.5, 0.6) is 0 Å². The van der Waals surface area contributed by atoms with Crippen molar-refractivity contribution in [3.05, 3.63) is 68.7 Å². The van der Waals surface area contributed by atoms with Crippen LogP contribution < -0.4 is 11.2 Å². The summed E-state index contributed by atoms with van der Waals surface area (Å²) in [5.41, 5.74) is -1.89. The van der Waals surface area contributed by atoms with Crippen LogP contribution in [-0.2, 0) is 34.4 Å². The van der Waals surface area contributed by atoms with E-state index in [2.05, 4.69) is 0 Å². The predicted molar refractivity (Wildman–Crippen MR) is 106 cm³/mol. The molecule has 1 fully saturated rings. The van der Waals surface area contributed by atoms with Crippen molar-refractivity contribution in [2.75, 3.05) is 20.8 Å². The zero-order chi connectivity index (χ0) is 22.6. The van der Waals surface area contributed by atoms with Gasteiger partial charge >= 0.3 is 19.3 Å². The first-order chi connectivity index (χ1) is 14.8. The van der Waals surface area contributed by atoms with Crippen molar-refractivity contribution in [3.8, 4) is 0 Å². The summed E-state index contributed by atoms with van der Waals surface area (Å²) in [6.07, 6.45) is 1.16. The van der Waals surface area contributed by atoms with E-state index in [9.17, 15) is 23.3 Å². The minimum Gasteiger partial charge on any atom is -0.443 e. The Labute approximate surface area is 176 Å². The normalized spacial score (nSPS) is 17.5. The molecule has 0 spiro atoms. The van der Waals surface area contributed by atoms with Gasteiger partial charge in [0.15, 0.2) is 0 Å². The van der Waals surface area contributed by atoms with Crippen LogP contribution in [0.4, 0.5) is 4.39 Å². The quantitative estimate of drug-likeness (QED) is 0.439. The SMILES string of the molecule is COP(=O)(OC)C(OC(=O)Cn1c(=O)c(F)cn([C@H]2CCCO2)c1=O)c1ccccc1. The summed E-state index contributed by atoms with van der Waals surface area (Å²) in [5, 5.41) is 0. The van der Waals surface area contributed by atoms with Crippen molar-refractivity contribution in [1.82, 2.24) is 9.13 Å². The Morgan fingerprint density at radius 1 is 1.26 bits per heavy atom. The first-order valence-corrected chi connectivity index (χ1v) is 11.0. The van der Waals surface area contributed by atoms with Crippen LogP contribution in [-0.4, -0.2) is 35.9 Å². The van der Waals surface area contributed by atoms with Gasteiger partial charge in [-0.05, 0) is 12.8 Å². The Bertz CT molecular complexity index is 1090. The van der Waals surface area contributed by atoms with E-state index < -0.39 is 49.2 Å². The predicted octanol–water partition coefficient (Wildman–Crippen LogP) is 2.19. The molecule has 1 aliphatic heterocycles. The van der Waals surface area contributed by atoms with Gasteiger partial charge in [0.2, 0.25) is 11.7 Å². The summed E-state index contributed by atoms with van der Waals surface area (Å²) >= 11 is 0. The topological polar surface area (TPSA) is 115 Å². The molecule has 1 aromatic carbocycles. The molecule has 2 atom stereocenters. The summed E-state index contributed by atoms with van der Waals surface area (Å²) < 4.78 is 49.0. The van der Waals surface area contributed by atoms with E-state index in [1.165, 1.54) is 0 Å². The van der Waals surface area contributed by atoms with Gasteiger partial charge in [0.25, 0.3) is 5.56 Å². The second-order valence-electron chi connectivity index (χ2n) is 6.68. The molecule has 12 heteroatoms. The first kappa shape index (κ1) is 23.1. The number of aromatic nitrogens is 2. The lowest BCUT2D eigenvalue weighted by atomic mass is 10.2. The zero-order valence-corrected chi connectivity index (χ0v) is 17.8. The highest BCUT2D eigenvalue weighted by Gasteiger charge is 2.39. The summed E-state index contributed by atoms with van der Waals surface area (Å²) in [6, 6.07) is 8.04. The number of hydrogen-bond acceptors (Lipinski definition) is 8. The van der Waals surface area contributed by atoms with Crippen LogP contribution in [0.3, 0.4) is 0 Å². The average molecular weight is 456 g/mol. The highest BCUT2D eigenvalue weighted by molar-refractivity contribution is 7.54. The van der Waals surface area contributed by atoms with Gasteiger partial charge < -0.3 is 18.5 Å². The van der Waals surface area contributed by atoms with Crippen molar-refractivity contribution in [2.24, 2.45) is 0 Å². The molecule has 10 nitrogen and oxygen atoms in total. The Morgan fingerprint density at radius 2 is 1.94 bits per heavy atom. The van der Waals surface area contributed by atoms with Crippen LogP contribution in [0.2, 0.25) is 0 Å². The summed E-state index contributed by atoms with van der Waals surface area (Å²) in [6.45, 7) is -0.513. The molecule has 0 saturated carbocycles. The maximum absolute atomic E-state index is 14.2. The number of hydrogen-bond donors (Lipinski definition) is 0. The second-order valence-corrected chi connectivity index (χ2v) is 8.96. The monoisotopic (exact) mass is 456 g/mol. The van der Waals surface area contributed by atoms with Gasteiger partial charge in [-0.15, -0.1) is 0 Å². The standard InChI is InChI=1S/C19H22FN2O8P/c1-27-31(26,28-2)18(13-7-4-3-5-8-13)30-16(23)12-22-17(24)14(20)11-21(19(22)25)15-9-6-10-29-15/h3-5,7-8,11,15,18H,6,9-10,12H2,1-2H3/t15-,18?/m1/s1. The van der Waals surface area contributed by atoms with Gasteiger partial charge in [0, 0.05) is 26.4 Å². The molecule has 2 heterocycles. The van der Waals surface area contributed by atoms with E-state index in [-0.39, 0.29) is 0 Å². The molecule has 2 aromatic rings. The van der Waals surface area contributed by atoms with Crippen molar-refractivity contribution in [1.29, 1.82) is 0 Å². The Morgan fingerprint density at radius 3 is 2.52 bits per heavy atom. The minimum absolute atomic E-state index is 0.311. The van der Waals surface area contributed by atoms with E-state index in [4.69, 9.17) is 18.5 Å². The second kappa shape index (κ2) is 9.69. The molecule has 1 unspecified atom stereocenters. The fourth-order valence-corrected chi connectivity index (χ4v) is 4.52. The molecule has 168 valence electrons. The number of benzene rings is 1.